The first-order chi connectivity index (χ1) is 12.6. The average molecular weight is 367 g/mol. The summed E-state index contributed by atoms with van der Waals surface area (Å²) in [5, 5.41) is 3.37. The van der Waals surface area contributed by atoms with Gasteiger partial charge in [0.15, 0.2) is 5.82 Å². The fourth-order valence-corrected chi connectivity index (χ4v) is 4.73. The van der Waals surface area contributed by atoms with Crippen molar-refractivity contribution in [2.45, 2.75) is 48.1 Å². The summed E-state index contributed by atoms with van der Waals surface area (Å²) in [7, 11) is -3.75. The first-order valence-electron chi connectivity index (χ1n) is 8.98. The fourth-order valence-electron chi connectivity index (χ4n) is 3.42. The van der Waals surface area contributed by atoms with E-state index < -0.39 is 9.84 Å². The van der Waals surface area contributed by atoms with Gasteiger partial charge in [-0.15, -0.1) is 0 Å². The first kappa shape index (κ1) is 17.0. The lowest BCUT2D eigenvalue weighted by atomic mass is 9.95. The van der Waals surface area contributed by atoms with Crippen LogP contribution in [0.25, 0.3) is 11.0 Å². The molecule has 0 saturated heterocycles. The van der Waals surface area contributed by atoms with Crippen LogP contribution >= 0.6 is 0 Å². The highest BCUT2D eigenvalue weighted by Crippen LogP contribution is 2.29. The van der Waals surface area contributed by atoms with E-state index in [-0.39, 0.29) is 16.0 Å². The molecule has 26 heavy (non-hydrogen) atoms. The number of benzene rings is 2. The third-order valence-electron chi connectivity index (χ3n) is 4.79. The number of fused-ring (bicyclic) bond motifs is 1. The highest BCUT2D eigenvalue weighted by atomic mass is 32.2. The summed E-state index contributed by atoms with van der Waals surface area (Å²) in [5.41, 5.74) is 1.27. The number of para-hydroxylation sites is 2. The van der Waals surface area contributed by atoms with E-state index >= 15 is 0 Å². The van der Waals surface area contributed by atoms with Crippen molar-refractivity contribution < 1.29 is 8.42 Å². The van der Waals surface area contributed by atoms with E-state index in [4.69, 9.17) is 0 Å². The monoisotopic (exact) mass is 367 g/mol. The lowest BCUT2D eigenvalue weighted by Gasteiger charge is -2.24. The zero-order valence-corrected chi connectivity index (χ0v) is 15.2. The number of rotatable bonds is 4. The molecular formula is C20H21N3O2S. The molecule has 1 saturated carbocycles. The molecule has 0 bridgehead atoms. The van der Waals surface area contributed by atoms with Gasteiger partial charge < -0.3 is 5.32 Å². The molecule has 6 heteroatoms. The highest BCUT2D eigenvalue weighted by molar-refractivity contribution is 7.91. The van der Waals surface area contributed by atoms with Crippen LogP contribution in [0, 0.1) is 0 Å². The minimum absolute atomic E-state index is 0.00738. The number of sulfone groups is 1. The number of aromatic nitrogens is 2. The van der Waals surface area contributed by atoms with E-state index in [0.29, 0.717) is 16.9 Å². The Balaban J connectivity index is 1.84. The molecule has 0 unspecified atom stereocenters. The number of nitrogens with one attached hydrogen (secondary N) is 1. The minimum atomic E-state index is -3.75. The zero-order chi connectivity index (χ0) is 18.0. The molecule has 1 aromatic heterocycles. The van der Waals surface area contributed by atoms with Crippen LogP contribution < -0.4 is 5.32 Å². The van der Waals surface area contributed by atoms with Crippen LogP contribution in [-0.2, 0) is 9.84 Å². The summed E-state index contributed by atoms with van der Waals surface area (Å²) < 4.78 is 26.4. The van der Waals surface area contributed by atoms with Crippen molar-refractivity contribution >= 4 is 26.7 Å². The Bertz CT molecular complexity index is 1010. The summed E-state index contributed by atoms with van der Waals surface area (Å²) >= 11 is 0. The van der Waals surface area contributed by atoms with Crippen LogP contribution in [0.3, 0.4) is 0 Å². The molecule has 1 heterocycles. The molecule has 0 spiro atoms. The maximum absolute atomic E-state index is 13.2. The second-order valence-corrected chi connectivity index (χ2v) is 8.53. The first-order valence-corrected chi connectivity index (χ1v) is 10.5. The van der Waals surface area contributed by atoms with Crippen LogP contribution in [0.15, 0.2) is 64.5 Å². The van der Waals surface area contributed by atoms with E-state index in [1.165, 1.54) is 6.42 Å². The van der Waals surface area contributed by atoms with Gasteiger partial charge in [0.1, 0.15) is 0 Å². The van der Waals surface area contributed by atoms with Gasteiger partial charge in [-0.05, 0) is 37.1 Å². The van der Waals surface area contributed by atoms with Crippen LogP contribution in [-0.4, -0.2) is 24.4 Å². The van der Waals surface area contributed by atoms with Crippen LogP contribution in [0.1, 0.15) is 32.1 Å². The van der Waals surface area contributed by atoms with Gasteiger partial charge in [0, 0.05) is 6.04 Å². The van der Waals surface area contributed by atoms with Crippen molar-refractivity contribution in [3.05, 3.63) is 54.6 Å². The molecule has 0 radical (unpaired) electrons. The summed E-state index contributed by atoms with van der Waals surface area (Å²) in [4.78, 5) is 9.32. The molecule has 4 rings (SSSR count). The molecule has 3 aromatic rings. The average Bonchev–Trinajstić information content (AvgIpc) is 2.69. The molecule has 1 aliphatic rings. The summed E-state index contributed by atoms with van der Waals surface area (Å²) in [6.07, 6.45) is 5.59. The predicted octanol–water partition coefficient (Wildman–Crippen LogP) is 4.21. The molecule has 0 atom stereocenters. The van der Waals surface area contributed by atoms with Crippen molar-refractivity contribution in [1.29, 1.82) is 0 Å². The number of hydrogen-bond donors (Lipinski definition) is 1. The van der Waals surface area contributed by atoms with Gasteiger partial charge in [-0.25, -0.2) is 18.4 Å². The van der Waals surface area contributed by atoms with Gasteiger partial charge in [0.25, 0.3) is 0 Å². The predicted molar refractivity (Wildman–Crippen MR) is 102 cm³/mol. The third-order valence-corrected chi connectivity index (χ3v) is 6.48. The Morgan fingerprint density at radius 3 is 2.12 bits per heavy atom. The molecule has 2 aromatic carbocycles. The van der Waals surface area contributed by atoms with E-state index in [9.17, 15) is 8.42 Å². The van der Waals surface area contributed by atoms with Crippen molar-refractivity contribution in [3.63, 3.8) is 0 Å². The lowest BCUT2D eigenvalue weighted by molar-refractivity contribution is 0.461. The summed E-state index contributed by atoms with van der Waals surface area (Å²) in [6, 6.07) is 16.0. The van der Waals surface area contributed by atoms with Gasteiger partial charge in [-0.3, -0.25) is 0 Å². The lowest BCUT2D eigenvalue weighted by Crippen LogP contribution is -2.24. The van der Waals surface area contributed by atoms with Crippen molar-refractivity contribution in [2.24, 2.45) is 0 Å². The minimum Gasteiger partial charge on any atom is -0.365 e. The largest absolute Gasteiger partial charge is 0.365 e. The van der Waals surface area contributed by atoms with Crippen molar-refractivity contribution in [2.75, 3.05) is 5.32 Å². The smallest absolute Gasteiger partial charge is 0.227 e. The number of anilines is 1. The number of nitrogens with zero attached hydrogens (tertiary/aromatic N) is 2. The van der Waals surface area contributed by atoms with Crippen LogP contribution in [0.5, 0.6) is 0 Å². The van der Waals surface area contributed by atoms with Crippen molar-refractivity contribution in [3.8, 4) is 0 Å². The topological polar surface area (TPSA) is 72.0 Å². The van der Waals surface area contributed by atoms with Gasteiger partial charge in [0.05, 0.1) is 15.9 Å². The Labute approximate surface area is 153 Å². The van der Waals surface area contributed by atoms with Gasteiger partial charge in [0.2, 0.25) is 14.9 Å². The maximum Gasteiger partial charge on any atom is 0.227 e. The molecular weight excluding hydrogens is 346 g/mol. The summed E-state index contributed by atoms with van der Waals surface area (Å²) in [6.45, 7) is 0. The molecule has 134 valence electrons. The normalized spacial score (nSPS) is 15.8. The van der Waals surface area contributed by atoms with E-state index in [2.05, 4.69) is 15.3 Å². The molecule has 1 aliphatic carbocycles. The Kier molecular flexibility index (Phi) is 4.59. The molecule has 0 amide bonds. The van der Waals surface area contributed by atoms with Gasteiger partial charge in [-0.2, -0.15) is 0 Å². The van der Waals surface area contributed by atoms with E-state index in [1.807, 2.05) is 18.2 Å². The van der Waals surface area contributed by atoms with Crippen molar-refractivity contribution in [1.82, 2.24) is 9.97 Å². The van der Waals surface area contributed by atoms with E-state index in [1.54, 1.807) is 36.4 Å². The third kappa shape index (κ3) is 3.29. The Morgan fingerprint density at radius 2 is 1.42 bits per heavy atom. The van der Waals surface area contributed by atoms with Crippen LogP contribution in [0.2, 0.25) is 0 Å². The van der Waals surface area contributed by atoms with Crippen LogP contribution in [0.4, 0.5) is 5.82 Å². The van der Waals surface area contributed by atoms with Gasteiger partial charge in [-0.1, -0.05) is 49.6 Å². The second kappa shape index (κ2) is 7.03. The molecule has 1 N–H and O–H groups in total. The number of hydrogen-bond acceptors (Lipinski definition) is 5. The summed E-state index contributed by atoms with van der Waals surface area (Å²) in [5.74, 6) is 0.361. The second-order valence-electron chi connectivity index (χ2n) is 6.66. The van der Waals surface area contributed by atoms with E-state index in [0.717, 1.165) is 25.7 Å². The Hall–Kier alpha value is -2.47. The fraction of sp³-hybridized carbons (Fsp3) is 0.300. The standard InChI is InChI=1S/C20H21N3O2S/c24-26(25,16-11-5-2-6-12-16)20-19(21-15-9-3-1-4-10-15)22-17-13-7-8-14-18(17)23-20/h2,5-8,11-15H,1,3-4,9-10H2,(H,21,22). The highest BCUT2D eigenvalue weighted by Gasteiger charge is 2.26. The maximum atomic E-state index is 13.2. The molecule has 5 nitrogen and oxygen atoms in total. The van der Waals surface area contributed by atoms with Gasteiger partial charge >= 0.3 is 0 Å². The Morgan fingerprint density at radius 1 is 0.808 bits per heavy atom. The quantitative estimate of drug-likeness (QED) is 0.748. The molecule has 0 aliphatic heterocycles. The SMILES string of the molecule is O=S(=O)(c1ccccc1)c1nc2ccccc2nc1NC1CCCCC1. The molecule has 1 fully saturated rings. The zero-order valence-electron chi connectivity index (χ0n) is 14.4.